The molecule has 0 aliphatic carbocycles. The molecule has 8 nitrogen and oxygen atoms in total. The highest BCUT2D eigenvalue weighted by atomic mass is 32.1. The molecule has 1 N–H and O–H groups in total. The molecule has 4 rings (SSSR count). The lowest BCUT2D eigenvalue weighted by atomic mass is 10.1. The summed E-state index contributed by atoms with van der Waals surface area (Å²) in [5, 5.41) is 3.67. The van der Waals surface area contributed by atoms with Gasteiger partial charge in [-0.2, -0.15) is 0 Å². The molecule has 0 fully saturated rings. The molecule has 1 unspecified atom stereocenters. The number of benzene rings is 1. The van der Waals surface area contributed by atoms with E-state index in [-0.39, 0.29) is 24.3 Å². The Morgan fingerprint density at radius 2 is 2.07 bits per heavy atom. The van der Waals surface area contributed by atoms with E-state index in [1.165, 1.54) is 27.6 Å². The number of ether oxygens (including phenoxy) is 1. The van der Waals surface area contributed by atoms with E-state index < -0.39 is 12.6 Å². The molecule has 3 aromatic rings. The Hall–Kier alpha value is -2.98. The van der Waals surface area contributed by atoms with Crippen molar-refractivity contribution in [2.24, 2.45) is 0 Å². The van der Waals surface area contributed by atoms with Crippen LogP contribution in [0.25, 0.3) is 9.53 Å². The van der Waals surface area contributed by atoms with Crippen molar-refractivity contribution in [3.63, 3.8) is 0 Å². The van der Waals surface area contributed by atoms with E-state index >= 15 is 0 Å². The van der Waals surface area contributed by atoms with Gasteiger partial charge in [0, 0.05) is 26.6 Å². The third-order valence-corrected chi connectivity index (χ3v) is 6.92. The summed E-state index contributed by atoms with van der Waals surface area (Å²) in [7, 11) is 3.82. The summed E-state index contributed by atoms with van der Waals surface area (Å²) in [6.07, 6.45) is 0.162. The molecule has 0 spiro atoms. The van der Waals surface area contributed by atoms with Crippen LogP contribution in [0.1, 0.15) is 23.0 Å². The van der Waals surface area contributed by atoms with Crippen molar-refractivity contribution >= 4 is 66.5 Å². The minimum atomic E-state index is -0.560. The Morgan fingerprint density at radius 1 is 1.30 bits per heavy atom. The lowest BCUT2D eigenvalue weighted by Crippen LogP contribution is -2.41. The second-order valence-electron chi connectivity index (χ2n) is 7.13. The van der Waals surface area contributed by atoms with Crippen LogP contribution in [0.3, 0.4) is 0 Å². The van der Waals surface area contributed by atoms with Crippen LogP contribution in [-0.4, -0.2) is 49.5 Å². The van der Waals surface area contributed by atoms with Gasteiger partial charge in [-0.1, -0.05) is 23.5 Å². The fourth-order valence-electron chi connectivity index (χ4n) is 3.25. The van der Waals surface area contributed by atoms with Gasteiger partial charge in [-0.15, -0.1) is 11.3 Å². The number of hydrogen-bond donors (Lipinski definition) is 1. The van der Waals surface area contributed by atoms with Crippen molar-refractivity contribution < 1.29 is 19.1 Å². The van der Waals surface area contributed by atoms with Gasteiger partial charge < -0.3 is 19.9 Å². The first kappa shape index (κ1) is 20.3. The third kappa shape index (κ3) is 3.88. The van der Waals surface area contributed by atoms with Gasteiger partial charge in [-0.25, -0.2) is 9.78 Å². The van der Waals surface area contributed by atoms with Crippen molar-refractivity contribution in [3.05, 3.63) is 35.2 Å². The van der Waals surface area contributed by atoms with Gasteiger partial charge in [0.2, 0.25) is 5.91 Å². The molecule has 0 saturated heterocycles. The number of fused-ring (bicyclic) bond motifs is 2. The smallest absolute Gasteiger partial charge is 0.348 e. The molecule has 0 radical (unpaired) electrons. The number of nitrogens with one attached hydrogen (secondary N) is 1. The van der Waals surface area contributed by atoms with Crippen LogP contribution in [0.5, 0.6) is 0 Å². The zero-order valence-electron chi connectivity index (χ0n) is 16.7. The van der Waals surface area contributed by atoms with Crippen LogP contribution in [0.4, 0.5) is 16.5 Å². The predicted octanol–water partition coefficient (Wildman–Crippen LogP) is 3.34. The number of anilines is 3. The second kappa shape index (κ2) is 8.04. The highest BCUT2D eigenvalue weighted by Gasteiger charge is 2.30. The maximum absolute atomic E-state index is 12.9. The number of aromatic nitrogens is 1. The van der Waals surface area contributed by atoms with E-state index in [2.05, 4.69) is 10.3 Å². The molecule has 1 atom stereocenters. The maximum Gasteiger partial charge on any atom is 0.348 e. The topological polar surface area (TPSA) is 91.8 Å². The molecule has 156 valence electrons. The van der Waals surface area contributed by atoms with Crippen LogP contribution in [-0.2, 0) is 14.3 Å². The summed E-state index contributed by atoms with van der Waals surface area (Å²) in [6, 6.07) is 8.46. The van der Waals surface area contributed by atoms with E-state index in [4.69, 9.17) is 4.74 Å². The summed E-state index contributed by atoms with van der Waals surface area (Å²) in [6.45, 7) is 1.39. The summed E-state index contributed by atoms with van der Waals surface area (Å²) in [5.41, 5.74) is 1.15. The molecular weight excluding hydrogens is 424 g/mol. The molecule has 30 heavy (non-hydrogen) atoms. The van der Waals surface area contributed by atoms with Gasteiger partial charge in [-0.05, 0) is 25.1 Å². The maximum atomic E-state index is 12.9. The van der Waals surface area contributed by atoms with Crippen LogP contribution in [0.15, 0.2) is 30.3 Å². The SMILES string of the molecule is CC1CC(=O)Nc2ccccc2N1C(=O)COC(=O)c1cc2sc(N(C)C)nc2s1. The highest BCUT2D eigenvalue weighted by molar-refractivity contribution is 7.29. The molecule has 10 heteroatoms. The number of esters is 1. The molecule has 1 aliphatic rings. The van der Waals surface area contributed by atoms with Gasteiger partial charge in [0.05, 0.1) is 16.1 Å². The molecule has 1 aliphatic heterocycles. The van der Waals surface area contributed by atoms with Gasteiger partial charge in [0.1, 0.15) is 9.71 Å². The standard InChI is InChI=1S/C20H20N4O4S2/c1-11-8-16(25)21-12-6-4-5-7-13(12)24(11)17(26)10-28-19(27)15-9-14-18(29-15)22-20(30-14)23(2)3/h4-7,9,11H,8,10H2,1-3H3,(H,21,25). The van der Waals surface area contributed by atoms with Gasteiger partial charge in [0.15, 0.2) is 11.7 Å². The molecule has 0 saturated carbocycles. The minimum Gasteiger partial charge on any atom is -0.451 e. The van der Waals surface area contributed by atoms with Crippen LogP contribution in [0, 0.1) is 0 Å². The van der Waals surface area contributed by atoms with Crippen molar-refractivity contribution in [1.82, 2.24) is 4.98 Å². The highest BCUT2D eigenvalue weighted by Crippen LogP contribution is 2.34. The van der Waals surface area contributed by atoms with Gasteiger partial charge >= 0.3 is 5.97 Å². The summed E-state index contributed by atoms with van der Waals surface area (Å²) < 4.78 is 6.20. The van der Waals surface area contributed by atoms with E-state index in [1.54, 1.807) is 37.3 Å². The number of para-hydroxylation sites is 2. The molecule has 3 heterocycles. The normalized spacial score (nSPS) is 16.0. The Balaban J connectivity index is 1.48. The van der Waals surface area contributed by atoms with Crippen molar-refractivity contribution in [2.45, 2.75) is 19.4 Å². The van der Waals surface area contributed by atoms with E-state index in [0.717, 1.165) is 14.7 Å². The van der Waals surface area contributed by atoms with Crippen LogP contribution < -0.4 is 15.1 Å². The fourth-order valence-corrected chi connectivity index (χ4v) is 5.28. The fraction of sp³-hybridized carbons (Fsp3) is 0.300. The summed E-state index contributed by atoms with van der Waals surface area (Å²) in [5.74, 6) is -1.11. The quantitative estimate of drug-likeness (QED) is 0.621. The average molecular weight is 445 g/mol. The first-order valence-electron chi connectivity index (χ1n) is 9.29. The van der Waals surface area contributed by atoms with E-state index in [0.29, 0.717) is 16.3 Å². The van der Waals surface area contributed by atoms with Crippen molar-refractivity contribution in [3.8, 4) is 0 Å². The number of thiazole rings is 1. The van der Waals surface area contributed by atoms with Crippen molar-refractivity contribution in [1.29, 1.82) is 0 Å². The lowest BCUT2D eigenvalue weighted by molar-refractivity contribution is -0.122. The molecule has 1 aromatic carbocycles. The number of carbonyl (C=O) groups is 3. The zero-order valence-corrected chi connectivity index (χ0v) is 18.3. The Labute approximate surface area is 181 Å². The Kier molecular flexibility index (Phi) is 5.44. The predicted molar refractivity (Wildman–Crippen MR) is 119 cm³/mol. The van der Waals surface area contributed by atoms with E-state index in [9.17, 15) is 14.4 Å². The molecular formula is C20H20N4O4S2. The molecule has 2 amide bonds. The van der Waals surface area contributed by atoms with E-state index in [1.807, 2.05) is 19.0 Å². The second-order valence-corrected chi connectivity index (χ2v) is 9.17. The first-order chi connectivity index (χ1) is 14.3. The number of hydrogen-bond acceptors (Lipinski definition) is 8. The molecule has 2 aromatic heterocycles. The number of rotatable bonds is 4. The number of carbonyl (C=O) groups excluding carboxylic acids is 3. The third-order valence-electron chi connectivity index (χ3n) is 4.62. The van der Waals surface area contributed by atoms with Gasteiger partial charge in [0.25, 0.3) is 5.91 Å². The molecule has 0 bridgehead atoms. The first-order valence-corrected chi connectivity index (χ1v) is 10.9. The Bertz CT molecular complexity index is 1110. The Morgan fingerprint density at radius 3 is 2.80 bits per heavy atom. The summed E-state index contributed by atoms with van der Waals surface area (Å²) in [4.78, 5) is 46.5. The minimum absolute atomic E-state index is 0.162. The van der Waals surface area contributed by atoms with Crippen molar-refractivity contribution in [2.75, 3.05) is 35.8 Å². The summed E-state index contributed by atoms with van der Waals surface area (Å²) >= 11 is 2.73. The van der Waals surface area contributed by atoms with Crippen LogP contribution in [0.2, 0.25) is 0 Å². The van der Waals surface area contributed by atoms with Crippen LogP contribution >= 0.6 is 22.7 Å². The monoisotopic (exact) mass is 444 g/mol. The lowest BCUT2D eigenvalue weighted by Gasteiger charge is -2.27. The van der Waals surface area contributed by atoms with Gasteiger partial charge in [-0.3, -0.25) is 9.59 Å². The largest absolute Gasteiger partial charge is 0.451 e. The number of thiophene rings is 1. The zero-order chi connectivity index (χ0) is 21.4. The number of nitrogens with zero attached hydrogens (tertiary/aromatic N) is 3. The average Bonchev–Trinajstić information content (AvgIpc) is 3.23. The number of amides is 2.